The van der Waals surface area contributed by atoms with E-state index in [1.807, 2.05) is 24.3 Å². The summed E-state index contributed by atoms with van der Waals surface area (Å²) >= 11 is 0. The Morgan fingerprint density at radius 2 is 1.28 bits per heavy atom. The van der Waals surface area contributed by atoms with Gasteiger partial charge in [0.15, 0.2) is 0 Å². The standard InChI is InChI=1S/C37H42O9S/c1-3-9-35(38)45-31-15-19-33(20-16-31)47(40,41)34-21-17-32(18-22-34)46-36(39)23-12-29-10-13-30(14-11-29)44-25-8-6-5-7-24-42-26-37(4-2)27-43-28-37/h3,9-23H,4-8,24-28H2,1-2H3. The van der Waals surface area contributed by atoms with Crippen LogP contribution in [0.2, 0.25) is 0 Å². The zero-order chi connectivity index (χ0) is 33.5. The van der Waals surface area contributed by atoms with Crippen LogP contribution in [0.25, 0.3) is 6.08 Å². The molecule has 9 nitrogen and oxygen atoms in total. The van der Waals surface area contributed by atoms with Gasteiger partial charge in [0.05, 0.1) is 36.2 Å². The molecule has 0 atom stereocenters. The molecule has 1 fully saturated rings. The van der Waals surface area contributed by atoms with E-state index < -0.39 is 21.8 Å². The Labute approximate surface area is 277 Å². The molecule has 0 aromatic heterocycles. The van der Waals surface area contributed by atoms with Gasteiger partial charge in [-0.1, -0.05) is 31.6 Å². The SMILES string of the molecule is CC=CC(=O)Oc1ccc(S(=O)(=O)c2ccc(OC(=O)C=Cc3ccc(OCCCCCCOCC4(CC)COC4)cc3)cc2)cc1. The summed E-state index contributed by atoms with van der Waals surface area (Å²) in [4.78, 5) is 24.0. The van der Waals surface area contributed by atoms with Crippen LogP contribution in [0.4, 0.5) is 0 Å². The minimum absolute atomic E-state index is 0.0269. The highest BCUT2D eigenvalue weighted by atomic mass is 32.2. The molecule has 0 unspecified atom stereocenters. The van der Waals surface area contributed by atoms with Crippen molar-refractivity contribution in [3.8, 4) is 17.2 Å². The predicted octanol–water partition coefficient (Wildman–Crippen LogP) is 7.00. The molecule has 0 N–H and O–H groups in total. The number of unbranched alkanes of at least 4 members (excludes halogenated alkanes) is 3. The molecule has 0 spiro atoms. The predicted molar refractivity (Wildman–Crippen MR) is 178 cm³/mol. The zero-order valence-electron chi connectivity index (χ0n) is 26.9. The molecule has 1 aliphatic rings. The van der Waals surface area contributed by atoms with Crippen molar-refractivity contribution in [3.63, 3.8) is 0 Å². The van der Waals surface area contributed by atoms with Crippen LogP contribution in [0.1, 0.15) is 51.5 Å². The fourth-order valence-electron chi connectivity index (χ4n) is 4.70. The van der Waals surface area contributed by atoms with Crippen LogP contribution in [0, 0.1) is 5.41 Å². The number of hydrogen-bond acceptors (Lipinski definition) is 9. The Bertz CT molecular complexity index is 1600. The third kappa shape index (κ3) is 10.9. The summed E-state index contributed by atoms with van der Waals surface area (Å²) in [6, 6.07) is 18.5. The number of hydrogen-bond donors (Lipinski definition) is 0. The number of carbonyl (C=O) groups excluding carboxylic acids is 2. The van der Waals surface area contributed by atoms with E-state index in [4.69, 9.17) is 23.7 Å². The first-order chi connectivity index (χ1) is 22.7. The van der Waals surface area contributed by atoms with Gasteiger partial charge >= 0.3 is 11.9 Å². The van der Waals surface area contributed by atoms with Crippen LogP contribution >= 0.6 is 0 Å². The minimum Gasteiger partial charge on any atom is -0.494 e. The van der Waals surface area contributed by atoms with Crippen LogP contribution < -0.4 is 14.2 Å². The summed E-state index contributed by atoms with van der Waals surface area (Å²) in [5.41, 5.74) is 1.05. The van der Waals surface area contributed by atoms with Crippen molar-refractivity contribution in [2.24, 2.45) is 5.41 Å². The maximum atomic E-state index is 13.0. The number of carbonyl (C=O) groups is 2. The third-order valence-corrected chi connectivity index (χ3v) is 9.51. The van der Waals surface area contributed by atoms with E-state index in [2.05, 4.69) is 6.92 Å². The van der Waals surface area contributed by atoms with Crippen molar-refractivity contribution in [2.75, 3.05) is 33.0 Å². The van der Waals surface area contributed by atoms with Crippen LogP contribution in [-0.4, -0.2) is 53.4 Å². The summed E-state index contributed by atoms with van der Waals surface area (Å²) in [6.07, 6.45) is 11.0. The van der Waals surface area contributed by atoms with E-state index in [9.17, 15) is 18.0 Å². The monoisotopic (exact) mass is 662 g/mol. The van der Waals surface area contributed by atoms with Crippen LogP contribution in [0.5, 0.6) is 17.2 Å². The maximum absolute atomic E-state index is 13.0. The van der Waals surface area contributed by atoms with Gasteiger partial charge in [0.1, 0.15) is 17.2 Å². The van der Waals surface area contributed by atoms with Crippen molar-refractivity contribution >= 4 is 27.9 Å². The Hall–Kier alpha value is -4.25. The molecular weight excluding hydrogens is 620 g/mol. The van der Waals surface area contributed by atoms with Gasteiger partial charge in [-0.2, -0.15) is 0 Å². The third-order valence-electron chi connectivity index (χ3n) is 7.73. The number of esters is 2. The molecule has 3 aromatic rings. The highest BCUT2D eigenvalue weighted by Gasteiger charge is 2.36. The molecule has 0 aliphatic carbocycles. The quantitative estimate of drug-likeness (QED) is 0.0615. The minimum atomic E-state index is -3.83. The number of ether oxygens (including phenoxy) is 5. The summed E-state index contributed by atoms with van der Waals surface area (Å²) in [7, 11) is -3.83. The molecule has 1 saturated heterocycles. The lowest BCUT2D eigenvalue weighted by Crippen LogP contribution is -2.45. The van der Waals surface area contributed by atoms with Gasteiger partial charge in [-0.15, -0.1) is 0 Å². The van der Waals surface area contributed by atoms with E-state index >= 15 is 0 Å². The lowest BCUT2D eigenvalue weighted by Gasteiger charge is -2.40. The molecule has 3 aromatic carbocycles. The lowest BCUT2D eigenvalue weighted by molar-refractivity contribution is -0.150. The molecule has 0 radical (unpaired) electrons. The first-order valence-electron chi connectivity index (χ1n) is 15.8. The molecule has 47 heavy (non-hydrogen) atoms. The molecule has 0 bridgehead atoms. The summed E-state index contributed by atoms with van der Waals surface area (Å²) in [5.74, 6) is 0.0395. The molecule has 0 amide bonds. The van der Waals surface area contributed by atoms with Gasteiger partial charge in [0.2, 0.25) is 9.84 Å². The zero-order valence-corrected chi connectivity index (χ0v) is 27.7. The average molecular weight is 663 g/mol. The fourth-order valence-corrected chi connectivity index (χ4v) is 5.97. The van der Waals surface area contributed by atoms with E-state index in [1.54, 1.807) is 19.1 Å². The number of allylic oxidation sites excluding steroid dienone is 1. The molecular formula is C37H42O9S. The Morgan fingerprint density at radius 3 is 1.79 bits per heavy atom. The summed E-state index contributed by atoms with van der Waals surface area (Å²) in [6.45, 7) is 7.73. The largest absolute Gasteiger partial charge is 0.494 e. The molecule has 10 heteroatoms. The number of benzene rings is 3. The van der Waals surface area contributed by atoms with Gasteiger partial charge < -0.3 is 23.7 Å². The van der Waals surface area contributed by atoms with Gasteiger partial charge in [-0.3, -0.25) is 0 Å². The first kappa shape index (κ1) is 35.6. The normalized spacial score (nSPS) is 14.2. The Kier molecular flexibility index (Phi) is 13.3. The topological polar surface area (TPSA) is 114 Å². The number of sulfone groups is 1. The van der Waals surface area contributed by atoms with E-state index in [-0.39, 0.29) is 26.7 Å². The second-order valence-corrected chi connectivity index (χ2v) is 13.3. The van der Waals surface area contributed by atoms with Gasteiger partial charge in [0.25, 0.3) is 0 Å². The van der Waals surface area contributed by atoms with Crippen LogP contribution in [0.3, 0.4) is 0 Å². The van der Waals surface area contributed by atoms with Crippen molar-refractivity contribution in [2.45, 2.75) is 55.7 Å². The van der Waals surface area contributed by atoms with Crippen molar-refractivity contribution in [3.05, 3.63) is 96.6 Å². The lowest BCUT2D eigenvalue weighted by atomic mass is 9.84. The van der Waals surface area contributed by atoms with Crippen molar-refractivity contribution in [1.29, 1.82) is 0 Å². The van der Waals surface area contributed by atoms with Gasteiger partial charge in [-0.25, -0.2) is 18.0 Å². The van der Waals surface area contributed by atoms with Crippen molar-refractivity contribution < 1.29 is 41.7 Å². The van der Waals surface area contributed by atoms with Crippen LogP contribution in [0.15, 0.2) is 101 Å². The Balaban J connectivity index is 1.14. The van der Waals surface area contributed by atoms with Gasteiger partial charge in [-0.05, 0) is 105 Å². The molecule has 4 rings (SSSR count). The average Bonchev–Trinajstić information content (AvgIpc) is 3.05. The second-order valence-electron chi connectivity index (χ2n) is 11.4. The molecule has 1 aliphatic heterocycles. The van der Waals surface area contributed by atoms with E-state index in [0.29, 0.717) is 6.61 Å². The highest BCUT2D eigenvalue weighted by Crippen LogP contribution is 2.31. The molecule has 0 saturated carbocycles. The number of rotatable bonds is 18. The van der Waals surface area contributed by atoms with Crippen molar-refractivity contribution in [1.82, 2.24) is 0 Å². The maximum Gasteiger partial charge on any atom is 0.336 e. The first-order valence-corrected chi connectivity index (χ1v) is 17.3. The van der Waals surface area contributed by atoms with Crippen LogP contribution in [-0.2, 0) is 28.9 Å². The second kappa shape index (κ2) is 17.6. The summed E-state index contributed by atoms with van der Waals surface area (Å²) in [5, 5.41) is 0. The smallest absolute Gasteiger partial charge is 0.336 e. The molecule has 1 heterocycles. The van der Waals surface area contributed by atoms with E-state index in [0.717, 1.165) is 69.8 Å². The summed E-state index contributed by atoms with van der Waals surface area (Å²) < 4.78 is 53.5. The fraction of sp³-hybridized carbons (Fsp3) is 0.351. The van der Waals surface area contributed by atoms with E-state index in [1.165, 1.54) is 60.7 Å². The Morgan fingerprint density at radius 1 is 0.745 bits per heavy atom. The highest BCUT2D eigenvalue weighted by molar-refractivity contribution is 7.91. The van der Waals surface area contributed by atoms with Gasteiger partial charge in [0, 0.05) is 24.2 Å². The molecule has 250 valence electrons.